The van der Waals surface area contributed by atoms with E-state index in [2.05, 4.69) is 69.9 Å². The van der Waals surface area contributed by atoms with Crippen molar-refractivity contribution in [1.29, 1.82) is 0 Å². The van der Waals surface area contributed by atoms with Gasteiger partial charge in [-0.1, -0.05) is 58.9 Å². The van der Waals surface area contributed by atoms with Crippen molar-refractivity contribution in [3.63, 3.8) is 0 Å². The fourth-order valence-corrected chi connectivity index (χ4v) is 3.42. The average Bonchev–Trinajstić information content (AvgIpc) is 3.18. The first-order valence-electron chi connectivity index (χ1n) is 9.21. The van der Waals surface area contributed by atoms with Gasteiger partial charge in [0.25, 0.3) is 0 Å². The summed E-state index contributed by atoms with van der Waals surface area (Å²) >= 11 is 0. The van der Waals surface area contributed by atoms with Gasteiger partial charge in [-0.3, -0.25) is 0 Å². The van der Waals surface area contributed by atoms with Crippen LogP contribution in [-0.2, 0) is 17.3 Å². The number of nitrogens with one attached hydrogen (secondary N) is 1. The second-order valence-corrected chi connectivity index (χ2v) is 8.90. The summed E-state index contributed by atoms with van der Waals surface area (Å²) in [5.41, 5.74) is 4.27. The molecule has 0 radical (unpaired) electrons. The third-order valence-electron chi connectivity index (χ3n) is 5.00. The Morgan fingerprint density at radius 3 is 2.46 bits per heavy atom. The topological polar surface area (TPSA) is 41.8 Å². The first-order chi connectivity index (χ1) is 12.2. The third kappa shape index (κ3) is 3.03. The monoisotopic (exact) mass is 346 g/mol. The molecule has 0 amide bonds. The largest absolute Gasteiger partial charge is 0.461 e. The summed E-state index contributed by atoms with van der Waals surface area (Å²) in [6.45, 7) is 11.0. The number of aromatic nitrogens is 2. The van der Waals surface area contributed by atoms with E-state index in [0.29, 0.717) is 0 Å². The summed E-state index contributed by atoms with van der Waals surface area (Å²) in [7, 11) is 0. The zero-order valence-corrected chi connectivity index (χ0v) is 16.2. The summed E-state index contributed by atoms with van der Waals surface area (Å²) in [6, 6.07) is 16.9. The Morgan fingerprint density at radius 1 is 0.962 bits per heavy atom. The minimum atomic E-state index is -0.0911. The van der Waals surface area contributed by atoms with E-state index >= 15 is 0 Å². The Bertz CT molecular complexity index is 1040. The molecule has 0 aliphatic rings. The molecule has 4 rings (SSSR count). The number of furan rings is 1. The van der Waals surface area contributed by atoms with Crippen LogP contribution in [-0.4, -0.2) is 9.97 Å². The Hall–Kier alpha value is -2.55. The molecular formula is C23H26N2O. The highest BCUT2D eigenvalue weighted by atomic mass is 16.3. The SMILES string of the molecule is CC(C)(C)c1cc2ccc(CC(C)(C)c3nc4ccccc4[nH]3)cc2o1. The lowest BCUT2D eigenvalue weighted by molar-refractivity contribution is 0.429. The summed E-state index contributed by atoms with van der Waals surface area (Å²) in [4.78, 5) is 8.28. The van der Waals surface area contributed by atoms with Crippen LogP contribution in [0.4, 0.5) is 0 Å². The standard InChI is InChI=1S/C23H26N2O/c1-22(2,3)20-13-16-11-10-15(12-19(16)26-20)14-23(4,5)21-24-17-8-6-7-9-18(17)25-21/h6-13H,14H2,1-5H3,(H,24,25). The van der Waals surface area contributed by atoms with Gasteiger partial charge in [-0.15, -0.1) is 0 Å². The number of hydrogen-bond acceptors (Lipinski definition) is 2. The zero-order valence-electron chi connectivity index (χ0n) is 16.2. The van der Waals surface area contributed by atoms with Gasteiger partial charge in [0, 0.05) is 16.2 Å². The molecule has 134 valence electrons. The van der Waals surface area contributed by atoms with Gasteiger partial charge in [0.05, 0.1) is 11.0 Å². The molecule has 0 spiro atoms. The van der Waals surface area contributed by atoms with Crippen LogP contribution in [0.5, 0.6) is 0 Å². The maximum Gasteiger partial charge on any atom is 0.134 e. The summed E-state index contributed by atoms with van der Waals surface area (Å²) in [6.07, 6.45) is 0.897. The molecule has 0 bridgehead atoms. The summed E-state index contributed by atoms with van der Waals surface area (Å²) in [5, 5.41) is 1.17. The third-order valence-corrected chi connectivity index (χ3v) is 5.00. The van der Waals surface area contributed by atoms with Crippen molar-refractivity contribution in [3.05, 3.63) is 65.7 Å². The molecule has 0 aliphatic carbocycles. The van der Waals surface area contributed by atoms with E-state index in [4.69, 9.17) is 9.40 Å². The van der Waals surface area contributed by atoms with Crippen molar-refractivity contribution in [2.75, 3.05) is 0 Å². The molecule has 2 heterocycles. The predicted octanol–water partition coefficient (Wildman–Crippen LogP) is 6.13. The van der Waals surface area contributed by atoms with Gasteiger partial charge in [0.1, 0.15) is 17.2 Å². The van der Waals surface area contributed by atoms with E-state index in [9.17, 15) is 0 Å². The molecule has 3 nitrogen and oxygen atoms in total. The number of para-hydroxylation sites is 2. The van der Waals surface area contributed by atoms with E-state index in [-0.39, 0.29) is 10.8 Å². The molecule has 0 fully saturated rings. The highest BCUT2D eigenvalue weighted by molar-refractivity contribution is 5.79. The number of nitrogens with zero attached hydrogens (tertiary/aromatic N) is 1. The van der Waals surface area contributed by atoms with Crippen LogP contribution >= 0.6 is 0 Å². The minimum Gasteiger partial charge on any atom is -0.461 e. The number of benzene rings is 2. The maximum atomic E-state index is 6.12. The number of fused-ring (bicyclic) bond motifs is 2. The number of aromatic amines is 1. The van der Waals surface area contributed by atoms with E-state index in [0.717, 1.165) is 34.6 Å². The molecule has 0 saturated heterocycles. The average molecular weight is 346 g/mol. The van der Waals surface area contributed by atoms with Gasteiger partial charge in [0.2, 0.25) is 0 Å². The van der Waals surface area contributed by atoms with Crippen molar-refractivity contribution in [2.45, 2.75) is 51.9 Å². The molecule has 0 unspecified atom stereocenters. The van der Waals surface area contributed by atoms with Gasteiger partial charge in [-0.25, -0.2) is 4.98 Å². The van der Waals surface area contributed by atoms with Gasteiger partial charge in [-0.05, 0) is 36.2 Å². The first-order valence-corrected chi connectivity index (χ1v) is 9.21. The van der Waals surface area contributed by atoms with E-state index < -0.39 is 0 Å². The van der Waals surface area contributed by atoms with Crippen LogP contribution in [0.25, 0.3) is 22.0 Å². The van der Waals surface area contributed by atoms with E-state index in [1.807, 2.05) is 18.2 Å². The molecule has 2 aromatic heterocycles. The van der Waals surface area contributed by atoms with Crippen LogP contribution in [0.1, 0.15) is 51.8 Å². The molecular weight excluding hydrogens is 320 g/mol. The maximum absolute atomic E-state index is 6.12. The van der Waals surface area contributed by atoms with E-state index in [1.54, 1.807) is 0 Å². The predicted molar refractivity (Wildman–Crippen MR) is 108 cm³/mol. The number of imidazole rings is 1. The van der Waals surface area contributed by atoms with Gasteiger partial charge in [-0.2, -0.15) is 0 Å². The zero-order chi connectivity index (χ0) is 18.5. The molecule has 3 heteroatoms. The lowest BCUT2D eigenvalue weighted by atomic mass is 9.85. The molecule has 2 aromatic carbocycles. The fraction of sp³-hybridized carbons (Fsp3) is 0.348. The van der Waals surface area contributed by atoms with Crippen LogP contribution in [0.3, 0.4) is 0 Å². The van der Waals surface area contributed by atoms with Gasteiger partial charge < -0.3 is 9.40 Å². The minimum absolute atomic E-state index is 0.0206. The second kappa shape index (κ2) is 5.73. The molecule has 4 aromatic rings. The van der Waals surface area contributed by atoms with E-state index in [1.165, 1.54) is 10.9 Å². The van der Waals surface area contributed by atoms with Crippen LogP contribution < -0.4 is 0 Å². The number of rotatable bonds is 3. The van der Waals surface area contributed by atoms with Crippen LogP contribution in [0.15, 0.2) is 52.9 Å². The van der Waals surface area contributed by atoms with Crippen molar-refractivity contribution in [2.24, 2.45) is 0 Å². The highest BCUT2D eigenvalue weighted by Crippen LogP contribution is 2.32. The number of hydrogen-bond donors (Lipinski definition) is 1. The Kier molecular flexibility index (Phi) is 3.72. The van der Waals surface area contributed by atoms with Crippen molar-refractivity contribution in [1.82, 2.24) is 9.97 Å². The molecule has 0 atom stereocenters. The quantitative estimate of drug-likeness (QED) is 0.485. The highest BCUT2D eigenvalue weighted by Gasteiger charge is 2.26. The number of H-pyrrole nitrogens is 1. The normalized spacial score (nSPS) is 13.0. The molecule has 26 heavy (non-hydrogen) atoms. The molecule has 1 N–H and O–H groups in total. The van der Waals surface area contributed by atoms with Crippen molar-refractivity contribution >= 4 is 22.0 Å². The Balaban J connectivity index is 1.66. The smallest absolute Gasteiger partial charge is 0.134 e. The Morgan fingerprint density at radius 2 is 1.73 bits per heavy atom. The van der Waals surface area contributed by atoms with Crippen molar-refractivity contribution < 1.29 is 4.42 Å². The summed E-state index contributed by atoms with van der Waals surface area (Å²) in [5.74, 6) is 2.05. The fourth-order valence-electron chi connectivity index (χ4n) is 3.42. The van der Waals surface area contributed by atoms with Crippen LogP contribution in [0.2, 0.25) is 0 Å². The van der Waals surface area contributed by atoms with Crippen molar-refractivity contribution in [3.8, 4) is 0 Å². The lowest BCUT2D eigenvalue weighted by Gasteiger charge is -2.22. The summed E-state index contributed by atoms with van der Waals surface area (Å²) < 4.78 is 6.12. The van der Waals surface area contributed by atoms with Crippen LogP contribution in [0, 0.1) is 0 Å². The lowest BCUT2D eigenvalue weighted by Crippen LogP contribution is -2.22. The van der Waals surface area contributed by atoms with Gasteiger partial charge >= 0.3 is 0 Å². The first kappa shape index (κ1) is 16.9. The Labute approximate surface area is 154 Å². The second-order valence-electron chi connectivity index (χ2n) is 8.90. The molecule has 0 aliphatic heterocycles. The van der Waals surface area contributed by atoms with Gasteiger partial charge in [0.15, 0.2) is 0 Å². The molecule has 0 saturated carbocycles.